The molecule has 0 spiro atoms. The maximum Gasteiger partial charge on any atom is 0.163 e. The van der Waals surface area contributed by atoms with Gasteiger partial charge < -0.3 is 58.3 Å². The number of ketones is 2. The second-order valence-corrected chi connectivity index (χ2v) is 58.6. The molecule has 788 valence electrons. The van der Waals surface area contributed by atoms with Crippen LogP contribution in [-0.4, -0.2) is 122 Å². The van der Waals surface area contributed by atoms with Crippen molar-refractivity contribution in [3.8, 4) is 0 Å². The van der Waals surface area contributed by atoms with Gasteiger partial charge in [-0.2, -0.15) is 0 Å². The average Bonchev–Trinajstić information content (AvgIpc) is 1.52. The number of ether oxygens (including phenoxy) is 8. The Kier molecular flexibility index (Phi) is 25.4. The van der Waals surface area contributed by atoms with Gasteiger partial charge in [-0.3, -0.25) is 9.59 Å². The van der Waals surface area contributed by atoms with Gasteiger partial charge in [0.15, 0.2) is 23.1 Å². The molecule has 4 N–H and O–H groups in total. The molecule has 3 aromatic rings. The topological polar surface area (TPSA) is 189 Å². The third-order valence-electron chi connectivity index (χ3n) is 50.1. The van der Waals surface area contributed by atoms with Crippen LogP contribution in [0.15, 0.2) is 103 Å². The fourth-order valence-corrected chi connectivity index (χ4v) is 42.8. The minimum Gasteiger partial charge on any atom is -0.393 e. The van der Waals surface area contributed by atoms with Crippen molar-refractivity contribution in [3.05, 3.63) is 120 Å². The minimum atomic E-state index is -0.743. The van der Waals surface area contributed by atoms with Crippen molar-refractivity contribution in [2.75, 3.05) is 0 Å². The number of Topliss-reactive ketones (excluding diaryl/α,β-unsaturated/α-hetero) is 2. The lowest BCUT2D eigenvalue weighted by atomic mass is 9.42. The van der Waals surface area contributed by atoms with Crippen molar-refractivity contribution in [3.63, 3.8) is 0 Å². The zero-order chi connectivity index (χ0) is 101. The van der Waals surface area contributed by atoms with Crippen LogP contribution in [0.5, 0.6) is 0 Å². The maximum atomic E-state index is 12.8. The lowest BCUT2D eigenvalue weighted by Gasteiger charge is -2.64. The summed E-state index contributed by atoms with van der Waals surface area (Å²) < 4.78 is 53.2. The Morgan fingerprint density at radius 1 is 0.266 bits per heavy atom. The largest absolute Gasteiger partial charge is 0.393 e. The first-order valence-corrected chi connectivity index (χ1v) is 59.3. The van der Waals surface area contributed by atoms with Crippen molar-refractivity contribution >= 4 is 22.7 Å². The summed E-state index contributed by atoms with van der Waals surface area (Å²) in [7, 11) is 0. The highest BCUT2D eigenvalue weighted by Crippen LogP contribution is 2.78. The van der Waals surface area contributed by atoms with Crippen molar-refractivity contribution in [2.45, 2.75) is 460 Å². The Morgan fingerprint density at radius 3 is 0.944 bits per heavy atom. The van der Waals surface area contributed by atoms with Gasteiger partial charge in [-0.05, 0) is 437 Å². The van der Waals surface area contributed by atoms with E-state index in [1.54, 1.807) is 5.57 Å². The molecule has 4 aliphatic heterocycles. The zero-order valence-electron chi connectivity index (χ0n) is 92.2. The van der Waals surface area contributed by atoms with Gasteiger partial charge in [0, 0.05) is 29.1 Å². The van der Waals surface area contributed by atoms with Crippen LogP contribution in [0.4, 0.5) is 0 Å². The Bertz CT molecular complexity index is 5170. The van der Waals surface area contributed by atoms with E-state index in [1.165, 1.54) is 132 Å². The Labute approximate surface area is 861 Å². The van der Waals surface area contributed by atoms with Crippen molar-refractivity contribution in [1.29, 1.82) is 0 Å². The second-order valence-electron chi connectivity index (χ2n) is 58.6. The standard InChI is InChI=1S/C29H42O3.C29H40O2.C26H36O2.C23H36O3.C22H34O4/c1-18-11-14-27(4)20-12-15-28(5)21(13-16-29(28,30)19-9-7-6-8-10-19)23(20)25-24(22(27)17-18)31-26(2,3)32-25;1-18-13-15-29(5)22-14-16-28(4)20(19-9-7-6-8-10-19)11-12-21(28)24(22)26-25(23(29)17-18)30-27(2,3)31-26;1-16-11-13-26(3)20-12-14-25(2)18(17-7-5-4-6-8-17)9-10-19(25)22(20)24(28)23(27)21(26)15-16;1-13-8-10-22(4)15-9-11-23(5)14(6-7-17(23)24)18(15)20-19(16(22)12-13)25-21(2,3)26-20;1-20(2)25-18-15-11-12(23)7-9-21(15,3)14-8-10-22(4)13(5-6-16(22)24)17(14)19(18)26-20/h6-10,18,20-25,30H,11-17H2,1-5H3;6-11,18,21-26H,12-17H2,1-5H3;4-9,16,19-24,27-28H,10-15H2,1-3H3;13-16,18-20H,6-12H2,1-5H3;12-15,17-19,23H,5-11H2,1-4H3/t18-,20-,21-,22?,23?,24+,25+,27+,28-,29+;18-,21-,22-,23?,24?,25+,26+,28+,29+;16-,19-,20-,21?,22?,23+,24+,25+,26+;13-,14-,15-,16?,18?,19+,20+,22+,23-;12-,13-,14-,15?,17?,18+,19+,21+,22-/m00000/s1. The summed E-state index contributed by atoms with van der Waals surface area (Å²) in [4.78, 5) is 25.5. The molecule has 14 heteroatoms. The molecule has 10 unspecified atom stereocenters. The van der Waals surface area contributed by atoms with Gasteiger partial charge in [-0.1, -0.05) is 226 Å². The SMILES string of the molecule is CC1(C)O[C@@H]2C3[C@H](CC[C@]4(C)C(=O)CC[C@@H]34)[C@@]3(C)CC[C@H](O)CC3[C@H]2O1.C[C@H]1CC[C@@]2(C)C(C1)[C@@H](O)[C@H](O)C1[C@@H]2CC[C@]2(C)C(c3ccccc3)=CC[C@@H]12.C[C@H]1CC[C@@]2(C)C(C1)[C@H]1OC(C)(C)O[C@@H]1C1[C@@H]2CC[C@@]2(C)[C@H]1CC[C@@]2(O)c1ccccc1.C[C@H]1CC[C@@]2(C)C(C1)[C@H]1OC(C)(C)O[C@@H]1C1[C@@H]2CC[C@]2(C)C(=O)CC[C@@H]12.C[C@H]1CC[C@@]2(C)C(C1)[C@H]1OC(C)(C)O[C@@H]1C1[C@@H]2CC[C@]2(C)C(c3ccccc3)=CC[C@@H]12. The van der Waals surface area contributed by atoms with Gasteiger partial charge in [-0.25, -0.2) is 0 Å². The number of fused-ring (bicyclic) bond motifs is 37. The molecule has 3 aromatic carbocycles. The summed E-state index contributed by atoms with van der Waals surface area (Å²) >= 11 is 0. The van der Waals surface area contributed by atoms with Crippen LogP contribution in [0.1, 0.15) is 381 Å². The molecule has 0 amide bonds. The van der Waals surface area contributed by atoms with Crippen LogP contribution < -0.4 is 0 Å². The summed E-state index contributed by atoms with van der Waals surface area (Å²) in [5, 5.41) is 45.2. The molecule has 4 saturated heterocycles. The van der Waals surface area contributed by atoms with Crippen LogP contribution in [-0.2, 0) is 53.1 Å². The Morgan fingerprint density at radius 2 is 0.559 bits per heavy atom. The lowest BCUT2D eigenvalue weighted by Crippen LogP contribution is -2.63. The molecular weight excluding hydrogens is 1770 g/mol. The van der Waals surface area contributed by atoms with Crippen LogP contribution in [0.2, 0.25) is 0 Å². The van der Waals surface area contributed by atoms with Crippen molar-refractivity contribution in [1.82, 2.24) is 0 Å². The Hall–Kier alpha value is -4.00. The van der Waals surface area contributed by atoms with Gasteiger partial charge >= 0.3 is 0 Å². The first kappa shape index (κ1) is 102. The number of benzene rings is 3. The number of aliphatic hydroxyl groups excluding tert-OH is 3. The highest BCUT2D eigenvalue weighted by atomic mass is 16.8. The number of carbonyl (C=O) groups is 2. The number of hydrogen-bond acceptors (Lipinski definition) is 14. The zero-order valence-corrected chi connectivity index (χ0v) is 92.2. The summed E-state index contributed by atoms with van der Waals surface area (Å²) in [6.45, 7) is 50.9. The van der Waals surface area contributed by atoms with Crippen LogP contribution >= 0.6 is 0 Å². The number of hydrogen-bond donors (Lipinski definition) is 4. The molecule has 0 radical (unpaired) electrons. The molecule has 143 heavy (non-hydrogen) atoms. The van der Waals surface area contributed by atoms with E-state index in [-0.39, 0.29) is 105 Å². The third-order valence-corrected chi connectivity index (χ3v) is 50.1. The first-order chi connectivity index (χ1) is 67.5. The van der Waals surface area contributed by atoms with Gasteiger partial charge in [0.1, 0.15) is 11.6 Å². The summed E-state index contributed by atoms with van der Waals surface area (Å²) in [6, 6.07) is 32.5. The average molecular weight is 1960 g/mol. The van der Waals surface area contributed by atoms with E-state index in [0.29, 0.717) is 134 Å². The van der Waals surface area contributed by atoms with E-state index in [2.05, 4.69) is 242 Å². The predicted octanol–water partition coefficient (Wildman–Crippen LogP) is 27.4. The van der Waals surface area contributed by atoms with Gasteiger partial charge in [0.2, 0.25) is 0 Å². The molecule has 14 nitrogen and oxygen atoms in total. The van der Waals surface area contributed by atoms with E-state index in [0.717, 1.165) is 126 Å². The molecule has 0 bridgehead atoms. The lowest BCUT2D eigenvalue weighted by molar-refractivity contribution is -0.212. The van der Waals surface area contributed by atoms with Gasteiger partial charge in [-0.15, -0.1) is 0 Å². The van der Waals surface area contributed by atoms with E-state index < -0.39 is 41.0 Å². The fourth-order valence-electron chi connectivity index (χ4n) is 42.8. The smallest absolute Gasteiger partial charge is 0.163 e. The number of allylic oxidation sites excluding steroid dienone is 4. The molecule has 46 atom stereocenters. The van der Waals surface area contributed by atoms with Crippen LogP contribution in [0.25, 0.3) is 11.1 Å². The molecule has 22 fully saturated rings. The third kappa shape index (κ3) is 15.7. The van der Waals surface area contributed by atoms with Crippen molar-refractivity contribution < 1.29 is 67.9 Å². The van der Waals surface area contributed by atoms with Crippen LogP contribution in [0, 0.1) is 196 Å². The van der Waals surface area contributed by atoms with Gasteiger partial charge in [0.25, 0.3) is 0 Å². The highest BCUT2D eigenvalue weighted by molar-refractivity contribution is 5.88. The minimum absolute atomic E-state index is 0.0595. The van der Waals surface area contributed by atoms with Gasteiger partial charge in [0.05, 0.1) is 72.7 Å². The molecular formula is C129H188O14. The number of rotatable bonds is 3. The normalized spacial score (nSPS) is 53.8. The summed E-state index contributed by atoms with van der Waals surface area (Å²) in [5.41, 5.74) is 7.68. The number of carbonyl (C=O) groups excluding carboxylic acids is 2. The molecule has 27 rings (SSSR count). The quantitative estimate of drug-likeness (QED) is 0.194. The van der Waals surface area contributed by atoms with E-state index in [4.69, 9.17) is 37.9 Å². The van der Waals surface area contributed by atoms with Crippen LogP contribution in [0.3, 0.4) is 0 Å². The summed E-state index contributed by atoms with van der Waals surface area (Å²) in [5.74, 6) is 12.6. The predicted molar refractivity (Wildman–Crippen MR) is 562 cm³/mol. The molecule has 24 aliphatic rings. The van der Waals surface area contributed by atoms with E-state index >= 15 is 0 Å². The second kappa shape index (κ2) is 35.5. The van der Waals surface area contributed by atoms with E-state index in [1.807, 2.05) is 13.8 Å². The molecule has 4 heterocycles. The molecule has 0 aromatic heterocycles. The van der Waals surface area contributed by atoms with E-state index in [9.17, 15) is 30.0 Å². The first-order valence-electron chi connectivity index (χ1n) is 59.3. The highest BCUT2D eigenvalue weighted by Gasteiger charge is 2.76. The monoisotopic (exact) mass is 1960 g/mol. The molecule has 20 aliphatic carbocycles. The maximum absolute atomic E-state index is 12.8. The number of aliphatic hydroxyl groups is 4. The molecule has 18 saturated carbocycles. The fraction of sp³-hybridized carbons (Fsp3) is 0.814. The van der Waals surface area contributed by atoms with Crippen molar-refractivity contribution in [2.24, 2.45) is 196 Å². The Balaban J connectivity index is 0.0000000994. The summed E-state index contributed by atoms with van der Waals surface area (Å²) in [6.07, 6.45) is 43.1.